The second-order valence-electron chi connectivity index (χ2n) is 9.01. The molecule has 2 atom stereocenters. The van der Waals surface area contributed by atoms with E-state index in [0.29, 0.717) is 44.3 Å². The molecule has 1 aromatic rings. The van der Waals surface area contributed by atoms with Gasteiger partial charge in [0, 0.05) is 37.9 Å². The highest BCUT2D eigenvalue weighted by Crippen LogP contribution is 2.30. The Kier molecular flexibility index (Phi) is 8.71. The van der Waals surface area contributed by atoms with Crippen LogP contribution in [-0.2, 0) is 19.1 Å². The molecular weight excluding hydrogens is 400 g/mol. The van der Waals surface area contributed by atoms with E-state index in [9.17, 15) is 24.5 Å². The van der Waals surface area contributed by atoms with Crippen molar-refractivity contribution in [1.82, 2.24) is 0 Å². The van der Waals surface area contributed by atoms with Crippen LogP contribution in [0, 0.1) is 22.0 Å². The van der Waals surface area contributed by atoms with E-state index >= 15 is 0 Å². The summed E-state index contributed by atoms with van der Waals surface area (Å²) in [4.78, 5) is 50.2. The number of ketones is 1. The highest BCUT2D eigenvalue weighted by Gasteiger charge is 2.34. The van der Waals surface area contributed by atoms with Gasteiger partial charge < -0.3 is 14.4 Å². The van der Waals surface area contributed by atoms with Gasteiger partial charge in [-0.15, -0.1) is 0 Å². The van der Waals surface area contributed by atoms with Crippen molar-refractivity contribution in [3.05, 3.63) is 34.4 Å². The van der Waals surface area contributed by atoms with Crippen LogP contribution >= 0.6 is 0 Å². The molecule has 31 heavy (non-hydrogen) atoms. The number of hydrogen-bond acceptors (Lipinski definition) is 7. The van der Waals surface area contributed by atoms with Crippen LogP contribution in [0.2, 0.25) is 0 Å². The van der Waals surface area contributed by atoms with Crippen LogP contribution in [0.1, 0.15) is 59.3 Å². The number of carbonyl (C=O) groups is 3. The minimum absolute atomic E-state index is 0.0103. The van der Waals surface area contributed by atoms with E-state index in [0.717, 1.165) is 12.8 Å². The first-order valence-corrected chi connectivity index (χ1v) is 10.8. The molecule has 170 valence electrons. The van der Waals surface area contributed by atoms with E-state index in [-0.39, 0.29) is 17.9 Å². The summed E-state index contributed by atoms with van der Waals surface area (Å²) in [6.07, 6.45) is 3.59. The highest BCUT2D eigenvalue weighted by molar-refractivity contribution is 5.86. The lowest BCUT2D eigenvalue weighted by atomic mass is 9.85. The summed E-state index contributed by atoms with van der Waals surface area (Å²) in [5.74, 6) is -2.15. The molecule has 0 N–H and O–H groups in total. The maximum atomic E-state index is 12.8. The van der Waals surface area contributed by atoms with Gasteiger partial charge in [-0.05, 0) is 46.1 Å². The summed E-state index contributed by atoms with van der Waals surface area (Å²) in [5.41, 5.74) is -0.219. The molecule has 8 nitrogen and oxygen atoms in total. The summed E-state index contributed by atoms with van der Waals surface area (Å²) in [7, 11) is 0. The molecule has 1 heterocycles. The zero-order valence-electron chi connectivity index (χ0n) is 18.5. The summed E-state index contributed by atoms with van der Waals surface area (Å²) in [5, 5.41) is 11.5. The second-order valence-corrected chi connectivity index (χ2v) is 9.01. The molecule has 0 aliphatic carbocycles. The number of anilines is 1. The van der Waals surface area contributed by atoms with Gasteiger partial charge in [-0.1, -0.05) is 18.6 Å². The van der Waals surface area contributed by atoms with Crippen LogP contribution < -0.4 is 4.90 Å². The van der Waals surface area contributed by atoms with Gasteiger partial charge in [0.1, 0.15) is 23.4 Å². The molecule has 2 unspecified atom stereocenters. The average molecular weight is 433 g/mol. The molecule has 0 amide bonds. The number of aldehydes is 1. The molecule has 0 saturated carbocycles. The number of nitrogens with zero attached hydrogens (tertiary/aromatic N) is 2. The molecule has 1 aromatic carbocycles. The number of nitro benzene ring substituents is 1. The molecule has 1 aliphatic heterocycles. The Hall–Kier alpha value is -2.77. The first kappa shape index (κ1) is 24.5. The largest absolute Gasteiger partial charge is 0.460 e. The first-order valence-electron chi connectivity index (χ1n) is 10.8. The lowest BCUT2D eigenvalue weighted by Crippen LogP contribution is -2.37. The van der Waals surface area contributed by atoms with Crippen LogP contribution in [0.5, 0.6) is 0 Å². The van der Waals surface area contributed by atoms with Gasteiger partial charge in [-0.25, -0.2) is 0 Å². The number of para-hydroxylation sites is 2. The molecule has 0 spiro atoms. The number of hydrogen-bond donors (Lipinski definition) is 0. The molecule has 0 radical (unpaired) electrons. The Bertz CT molecular complexity index is 802. The third kappa shape index (κ3) is 7.45. The third-order valence-corrected chi connectivity index (χ3v) is 5.38. The first-order chi connectivity index (χ1) is 14.6. The quantitative estimate of drug-likeness (QED) is 0.305. The van der Waals surface area contributed by atoms with Crippen molar-refractivity contribution in [1.29, 1.82) is 0 Å². The fourth-order valence-corrected chi connectivity index (χ4v) is 3.84. The van der Waals surface area contributed by atoms with Gasteiger partial charge in [0.15, 0.2) is 0 Å². The monoisotopic (exact) mass is 432 g/mol. The number of ether oxygens (including phenoxy) is 1. The van der Waals surface area contributed by atoms with Crippen LogP contribution in [0.3, 0.4) is 0 Å². The number of esters is 1. The third-order valence-electron chi connectivity index (χ3n) is 5.38. The number of carbonyl (C=O) groups excluding carboxylic acids is 3. The van der Waals surface area contributed by atoms with E-state index in [1.54, 1.807) is 39.0 Å². The van der Waals surface area contributed by atoms with Gasteiger partial charge in [-0.3, -0.25) is 19.7 Å². The zero-order valence-corrected chi connectivity index (χ0v) is 18.5. The van der Waals surface area contributed by atoms with Gasteiger partial charge in [0.05, 0.1) is 10.8 Å². The molecule has 8 heteroatoms. The topological polar surface area (TPSA) is 107 Å². The zero-order chi connectivity index (χ0) is 23.0. The molecule has 1 fully saturated rings. The predicted octanol–water partition coefficient (Wildman–Crippen LogP) is 4.10. The van der Waals surface area contributed by atoms with Crippen molar-refractivity contribution in [3.63, 3.8) is 0 Å². The Morgan fingerprint density at radius 3 is 2.55 bits per heavy atom. The van der Waals surface area contributed by atoms with Crippen LogP contribution in [-0.4, -0.2) is 41.7 Å². The van der Waals surface area contributed by atoms with Crippen molar-refractivity contribution in [2.75, 3.05) is 18.0 Å². The van der Waals surface area contributed by atoms with Crippen molar-refractivity contribution < 1.29 is 24.0 Å². The minimum atomic E-state index is -0.851. The molecule has 1 aliphatic rings. The minimum Gasteiger partial charge on any atom is -0.460 e. The van der Waals surface area contributed by atoms with Crippen LogP contribution in [0.15, 0.2) is 24.3 Å². The second kappa shape index (κ2) is 11.0. The molecule has 0 aromatic heterocycles. The lowest BCUT2D eigenvalue weighted by molar-refractivity contribution is -0.384. The molecule has 1 saturated heterocycles. The maximum Gasteiger partial charge on any atom is 0.310 e. The normalized spacial score (nSPS) is 21.5. The predicted molar refractivity (Wildman–Crippen MR) is 117 cm³/mol. The fraction of sp³-hybridized carbons (Fsp3) is 0.609. The summed E-state index contributed by atoms with van der Waals surface area (Å²) < 4.78 is 5.49. The van der Waals surface area contributed by atoms with Gasteiger partial charge >= 0.3 is 5.97 Å². The number of nitro groups is 1. The van der Waals surface area contributed by atoms with Crippen LogP contribution in [0.25, 0.3) is 0 Å². The highest BCUT2D eigenvalue weighted by atomic mass is 16.6. The molecular formula is C23H32N2O6. The van der Waals surface area contributed by atoms with Gasteiger partial charge in [0.25, 0.3) is 5.69 Å². The summed E-state index contributed by atoms with van der Waals surface area (Å²) in [6, 6.07) is 6.54. The summed E-state index contributed by atoms with van der Waals surface area (Å²) >= 11 is 0. The van der Waals surface area contributed by atoms with Gasteiger partial charge in [-0.2, -0.15) is 0 Å². The molecule has 2 rings (SSSR count). The summed E-state index contributed by atoms with van der Waals surface area (Å²) in [6.45, 7) is 6.17. The van der Waals surface area contributed by atoms with Crippen LogP contribution in [0.4, 0.5) is 11.4 Å². The van der Waals surface area contributed by atoms with Crippen molar-refractivity contribution >= 4 is 29.4 Å². The van der Waals surface area contributed by atoms with E-state index < -0.39 is 28.3 Å². The van der Waals surface area contributed by atoms with E-state index in [4.69, 9.17) is 4.74 Å². The Labute approximate surface area is 183 Å². The van der Waals surface area contributed by atoms with Crippen molar-refractivity contribution in [3.8, 4) is 0 Å². The van der Waals surface area contributed by atoms with Gasteiger partial charge in [0.2, 0.25) is 0 Å². The van der Waals surface area contributed by atoms with E-state index in [2.05, 4.69) is 0 Å². The van der Waals surface area contributed by atoms with E-state index in [1.807, 2.05) is 4.90 Å². The number of benzene rings is 1. The Morgan fingerprint density at radius 1 is 1.19 bits per heavy atom. The smallest absolute Gasteiger partial charge is 0.310 e. The maximum absolute atomic E-state index is 12.8. The Morgan fingerprint density at radius 2 is 1.90 bits per heavy atom. The standard InChI is InChI=1S/C23H32N2O6/c1-23(2,3)31-22(28)19-15-18(27)9-5-4-8-13-24(14-12-17(19)16-26)20-10-6-7-11-21(20)25(29)30/h6-7,10-11,16-17,19H,4-5,8-9,12-15H2,1-3H3. The molecule has 0 bridgehead atoms. The lowest BCUT2D eigenvalue weighted by Gasteiger charge is -2.30. The fourth-order valence-electron chi connectivity index (χ4n) is 3.84. The van der Waals surface area contributed by atoms with Crippen molar-refractivity contribution in [2.45, 2.75) is 64.9 Å². The van der Waals surface area contributed by atoms with Crippen molar-refractivity contribution in [2.24, 2.45) is 11.8 Å². The van der Waals surface area contributed by atoms with E-state index in [1.165, 1.54) is 6.07 Å². The number of rotatable bonds is 4. The average Bonchev–Trinajstić information content (AvgIpc) is 2.69. The number of Topliss-reactive ketones (excluding diaryl/α,β-unsaturated/α-hetero) is 1. The Balaban J connectivity index is 2.31. The SMILES string of the molecule is CC(C)(C)OC(=O)C1CC(=O)CCCCCN(c2ccccc2[N+](=O)[O-])CCC1C=O.